The zero-order valence-electron chi connectivity index (χ0n) is 8.76. The fourth-order valence-electron chi connectivity index (χ4n) is 0.911. The van der Waals surface area contributed by atoms with Crippen LogP contribution in [0.1, 0.15) is 13.8 Å². The van der Waals surface area contributed by atoms with E-state index in [0.717, 1.165) is 0 Å². The zero-order valence-corrected chi connectivity index (χ0v) is 10.4. The number of rotatable bonds is 4. The van der Waals surface area contributed by atoms with E-state index in [1.165, 1.54) is 18.2 Å². The van der Waals surface area contributed by atoms with E-state index in [-0.39, 0.29) is 11.2 Å². The molecule has 4 heteroatoms. The first kappa shape index (κ1) is 12.7. The molecule has 0 aliphatic carbocycles. The number of ether oxygens (including phenoxy) is 1. The third-order valence-electron chi connectivity index (χ3n) is 1.94. The summed E-state index contributed by atoms with van der Waals surface area (Å²) in [5.41, 5.74) is -0.0270. The molecule has 0 N–H and O–H groups in total. The number of thiol groups is 1. The van der Waals surface area contributed by atoms with Crippen molar-refractivity contribution >= 4 is 24.2 Å². The smallest absolute Gasteiger partial charge is 0.138 e. The van der Waals surface area contributed by atoms with Crippen molar-refractivity contribution in [2.75, 3.05) is 12.4 Å². The first-order chi connectivity index (χ1) is 6.94. The lowest BCUT2D eigenvalue weighted by atomic mass is 9.98. The minimum Gasteiger partial charge on any atom is -0.491 e. The van der Waals surface area contributed by atoms with Crippen molar-refractivity contribution < 1.29 is 9.13 Å². The van der Waals surface area contributed by atoms with Crippen molar-refractivity contribution in [3.63, 3.8) is 0 Å². The Balaban J connectivity index is 2.66. The van der Waals surface area contributed by atoms with Crippen molar-refractivity contribution in [3.05, 3.63) is 29.0 Å². The van der Waals surface area contributed by atoms with Crippen LogP contribution in [0.2, 0.25) is 5.02 Å². The van der Waals surface area contributed by atoms with E-state index in [9.17, 15) is 4.39 Å². The van der Waals surface area contributed by atoms with Gasteiger partial charge in [0.1, 0.15) is 11.6 Å². The van der Waals surface area contributed by atoms with Crippen LogP contribution in [-0.4, -0.2) is 12.4 Å². The van der Waals surface area contributed by atoms with Crippen LogP contribution in [0.5, 0.6) is 5.75 Å². The Morgan fingerprint density at radius 3 is 2.67 bits per heavy atom. The third kappa shape index (κ3) is 3.92. The van der Waals surface area contributed by atoms with Gasteiger partial charge < -0.3 is 4.74 Å². The first-order valence-electron chi connectivity index (χ1n) is 4.63. The van der Waals surface area contributed by atoms with Gasteiger partial charge in [0.15, 0.2) is 0 Å². The van der Waals surface area contributed by atoms with E-state index in [4.69, 9.17) is 16.3 Å². The van der Waals surface area contributed by atoms with Gasteiger partial charge in [0.25, 0.3) is 0 Å². The topological polar surface area (TPSA) is 9.23 Å². The Hall–Kier alpha value is -0.410. The van der Waals surface area contributed by atoms with Crippen molar-refractivity contribution in [1.82, 2.24) is 0 Å². The van der Waals surface area contributed by atoms with Gasteiger partial charge >= 0.3 is 0 Å². The lowest BCUT2D eigenvalue weighted by Gasteiger charge is -2.22. The molecule has 0 fully saturated rings. The highest BCUT2D eigenvalue weighted by atomic mass is 35.5. The highest BCUT2D eigenvalue weighted by Gasteiger charge is 2.17. The van der Waals surface area contributed by atoms with Gasteiger partial charge in [0.05, 0.1) is 11.6 Å². The molecule has 0 amide bonds. The lowest BCUT2D eigenvalue weighted by molar-refractivity contribution is 0.202. The average Bonchev–Trinajstić information content (AvgIpc) is 2.16. The van der Waals surface area contributed by atoms with Gasteiger partial charge in [0.2, 0.25) is 0 Å². The van der Waals surface area contributed by atoms with Crippen LogP contribution < -0.4 is 4.74 Å². The highest BCUT2D eigenvalue weighted by molar-refractivity contribution is 7.80. The maximum atomic E-state index is 12.7. The molecule has 0 saturated heterocycles. The first-order valence-corrected chi connectivity index (χ1v) is 5.64. The van der Waals surface area contributed by atoms with Crippen molar-refractivity contribution in [2.45, 2.75) is 13.8 Å². The number of halogens is 2. The second-order valence-electron chi connectivity index (χ2n) is 4.19. The second-order valence-corrected chi connectivity index (χ2v) is 4.91. The monoisotopic (exact) mass is 248 g/mol. The molecule has 0 unspecified atom stereocenters. The van der Waals surface area contributed by atoms with Crippen LogP contribution in [0.25, 0.3) is 0 Å². The summed E-state index contributed by atoms with van der Waals surface area (Å²) in [4.78, 5) is 0. The minimum atomic E-state index is -0.360. The quantitative estimate of drug-likeness (QED) is 0.798. The fourth-order valence-corrected chi connectivity index (χ4v) is 1.22. The van der Waals surface area contributed by atoms with E-state index in [1.807, 2.05) is 13.8 Å². The summed E-state index contributed by atoms with van der Waals surface area (Å²) in [6.07, 6.45) is 0. The van der Waals surface area contributed by atoms with Gasteiger partial charge in [-0.25, -0.2) is 4.39 Å². The predicted molar refractivity (Wildman–Crippen MR) is 64.5 cm³/mol. The van der Waals surface area contributed by atoms with Crippen molar-refractivity contribution in [2.24, 2.45) is 5.41 Å². The summed E-state index contributed by atoms with van der Waals surface area (Å²) in [6, 6.07) is 4.10. The molecular formula is C11H14ClFOS. The normalized spacial score (nSPS) is 11.5. The van der Waals surface area contributed by atoms with E-state index < -0.39 is 0 Å². The van der Waals surface area contributed by atoms with Gasteiger partial charge in [-0.05, 0) is 24.0 Å². The van der Waals surface area contributed by atoms with Crippen LogP contribution in [-0.2, 0) is 0 Å². The maximum absolute atomic E-state index is 12.7. The summed E-state index contributed by atoms with van der Waals surface area (Å²) < 4.78 is 18.2. The van der Waals surface area contributed by atoms with Crippen molar-refractivity contribution in [3.8, 4) is 5.75 Å². The van der Waals surface area contributed by atoms with Crippen LogP contribution in [0.4, 0.5) is 4.39 Å². The lowest BCUT2D eigenvalue weighted by Crippen LogP contribution is -2.23. The molecule has 84 valence electrons. The van der Waals surface area contributed by atoms with E-state index >= 15 is 0 Å². The van der Waals surface area contributed by atoms with Crippen LogP contribution in [0.15, 0.2) is 18.2 Å². The molecule has 0 bridgehead atoms. The average molecular weight is 249 g/mol. The molecule has 1 nitrogen and oxygen atoms in total. The third-order valence-corrected chi connectivity index (χ3v) is 3.09. The Kier molecular flexibility index (Phi) is 4.29. The van der Waals surface area contributed by atoms with Gasteiger partial charge in [0, 0.05) is 5.41 Å². The zero-order chi connectivity index (χ0) is 11.5. The van der Waals surface area contributed by atoms with Crippen LogP contribution in [0.3, 0.4) is 0 Å². The van der Waals surface area contributed by atoms with Crippen LogP contribution >= 0.6 is 24.2 Å². The largest absolute Gasteiger partial charge is 0.491 e. The molecule has 15 heavy (non-hydrogen) atoms. The Morgan fingerprint density at radius 1 is 1.47 bits per heavy atom. The van der Waals surface area contributed by atoms with Gasteiger partial charge in [-0.3, -0.25) is 0 Å². The Bertz CT molecular complexity index is 341. The standard InChI is InChI=1S/C11H14ClFOS/c1-11(2,7-15)6-14-10-4-3-8(13)5-9(10)12/h3-5,15H,6-7H2,1-2H3. The molecule has 0 aromatic heterocycles. The van der Waals surface area contributed by atoms with Crippen molar-refractivity contribution in [1.29, 1.82) is 0 Å². The molecule has 1 aromatic carbocycles. The molecule has 0 aliphatic heterocycles. The number of hydrogen-bond acceptors (Lipinski definition) is 2. The van der Waals surface area contributed by atoms with Gasteiger partial charge in [-0.15, -0.1) is 0 Å². The minimum absolute atomic E-state index is 0.0270. The van der Waals surface area contributed by atoms with Gasteiger partial charge in [-0.1, -0.05) is 25.4 Å². The molecule has 0 heterocycles. The summed E-state index contributed by atoms with van der Waals surface area (Å²) in [5, 5.41) is 0.296. The maximum Gasteiger partial charge on any atom is 0.138 e. The van der Waals surface area contributed by atoms with E-state index in [0.29, 0.717) is 23.1 Å². The molecule has 0 saturated carbocycles. The second kappa shape index (κ2) is 5.08. The fraction of sp³-hybridized carbons (Fsp3) is 0.455. The summed E-state index contributed by atoms with van der Waals surface area (Å²) in [5.74, 6) is 0.861. The molecule has 1 rings (SSSR count). The highest BCUT2D eigenvalue weighted by Crippen LogP contribution is 2.27. The van der Waals surface area contributed by atoms with E-state index in [2.05, 4.69) is 12.6 Å². The summed E-state index contributed by atoms with van der Waals surface area (Å²) in [6.45, 7) is 4.58. The SMILES string of the molecule is CC(C)(CS)COc1ccc(F)cc1Cl. The summed E-state index contributed by atoms with van der Waals surface area (Å²) in [7, 11) is 0. The predicted octanol–water partition coefficient (Wildman–Crippen LogP) is 3.81. The Morgan fingerprint density at radius 2 is 2.13 bits per heavy atom. The molecular weight excluding hydrogens is 235 g/mol. The molecule has 1 aromatic rings. The Labute approximate surface area is 100.0 Å². The van der Waals surface area contributed by atoms with E-state index in [1.54, 1.807) is 0 Å². The number of benzene rings is 1. The summed E-state index contributed by atoms with van der Waals surface area (Å²) >= 11 is 10.0. The van der Waals surface area contributed by atoms with Gasteiger partial charge in [-0.2, -0.15) is 12.6 Å². The molecule has 0 radical (unpaired) electrons. The molecule has 0 spiro atoms. The molecule has 0 atom stereocenters. The molecule has 0 aliphatic rings. The number of hydrogen-bond donors (Lipinski definition) is 1. The van der Waals surface area contributed by atoms with Crippen LogP contribution in [0, 0.1) is 11.2 Å².